The molecule has 24 heavy (non-hydrogen) atoms. The molecule has 3 aromatic rings. The third kappa shape index (κ3) is 3.15. The van der Waals surface area contributed by atoms with E-state index in [0.717, 1.165) is 27.8 Å². The van der Waals surface area contributed by atoms with Crippen LogP contribution in [0.3, 0.4) is 0 Å². The molecule has 0 radical (unpaired) electrons. The summed E-state index contributed by atoms with van der Waals surface area (Å²) in [5.41, 5.74) is 3.71. The number of anilines is 1. The maximum absolute atomic E-state index is 13.0. The van der Waals surface area contributed by atoms with Crippen LogP contribution in [-0.2, 0) is 6.54 Å². The topological polar surface area (TPSA) is 25.2 Å². The molecule has 0 spiro atoms. The number of para-hydroxylation sites is 1. The van der Waals surface area contributed by atoms with Crippen LogP contribution in [0, 0.1) is 0 Å². The molecular formula is C20H19BrN2O. The Morgan fingerprint density at radius 2 is 1.75 bits per heavy atom. The van der Waals surface area contributed by atoms with E-state index in [1.807, 2.05) is 73.3 Å². The van der Waals surface area contributed by atoms with Gasteiger partial charge in [-0.15, -0.1) is 0 Å². The van der Waals surface area contributed by atoms with Crippen LogP contribution >= 0.6 is 15.9 Å². The average Bonchev–Trinajstić information content (AvgIpc) is 3.02. The van der Waals surface area contributed by atoms with E-state index in [0.29, 0.717) is 5.69 Å². The smallest absolute Gasteiger partial charge is 0.274 e. The first-order chi connectivity index (χ1) is 11.6. The van der Waals surface area contributed by atoms with Crippen molar-refractivity contribution in [2.24, 2.45) is 0 Å². The molecule has 1 heterocycles. The van der Waals surface area contributed by atoms with Crippen molar-refractivity contribution in [3.63, 3.8) is 0 Å². The highest BCUT2D eigenvalue weighted by Gasteiger charge is 2.20. The van der Waals surface area contributed by atoms with Crippen molar-refractivity contribution in [3.8, 4) is 11.1 Å². The molecule has 0 N–H and O–H groups in total. The number of nitrogens with zero attached hydrogens (tertiary/aromatic N) is 2. The maximum Gasteiger partial charge on any atom is 0.274 e. The van der Waals surface area contributed by atoms with Crippen molar-refractivity contribution in [1.82, 2.24) is 4.57 Å². The summed E-state index contributed by atoms with van der Waals surface area (Å²) in [6.45, 7) is 2.78. The molecule has 0 aliphatic heterocycles. The fourth-order valence-corrected chi connectivity index (χ4v) is 3.29. The lowest BCUT2D eigenvalue weighted by Crippen LogP contribution is -2.28. The van der Waals surface area contributed by atoms with E-state index in [-0.39, 0.29) is 5.91 Å². The van der Waals surface area contributed by atoms with E-state index in [2.05, 4.69) is 28.1 Å². The molecule has 1 amide bonds. The minimum absolute atomic E-state index is 0.0223. The van der Waals surface area contributed by atoms with Gasteiger partial charge in [-0.1, -0.05) is 48.5 Å². The number of benzene rings is 2. The van der Waals surface area contributed by atoms with E-state index in [4.69, 9.17) is 0 Å². The third-order valence-corrected chi connectivity index (χ3v) is 4.51. The first-order valence-electron chi connectivity index (χ1n) is 7.90. The second-order valence-electron chi connectivity index (χ2n) is 5.58. The Hall–Kier alpha value is -2.33. The van der Waals surface area contributed by atoms with Crippen molar-refractivity contribution >= 4 is 27.5 Å². The largest absolute Gasteiger partial charge is 0.343 e. The molecule has 0 aliphatic rings. The van der Waals surface area contributed by atoms with Gasteiger partial charge in [-0.2, -0.15) is 0 Å². The summed E-state index contributed by atoms with van der Waals surface area (Å²) in [6, 6.07) is 20.0. The highest BCUT2D eigenvalue weighted by Crippen LogP contribution is 2.31. The molecule has 0 atom stereocenters. The Kier molecular flexibility index (Phi) is 4.86. The van der Waals surface area contributed by atoms with Crippen LogP contribution < -0.4 is 4.90 Å². The molecule has 0 aliphatic carbocycles. The van der Waals surface area contributed by atoms with Gasteiger partial charge in [0, 0.05) is 29.8 Å². The molecule has 122 valence electrons. The van der Waals surface area contributed by atoms with Crippen LogP contribution in [0.4, 0.5) is 5.69 Å². The van der Waals surface area contributed by atoms with Crippen LogP contribution in [0.25, 0.3) is 11.1 Å². The van der Waals surface area contributed by atoms with Gasteiger partial charge in [0.15, 0.2) is 0 Å². The number of aryl methyl sites for hydroxylation is 1. The van der Waals surface area contributed by atoms with Crippen molar-refractivity contribution in [2.45, 2.75) is 13.5 Å². The molecular weight excluding hydrogens is 364 g/mol. The van der Waals surface area contributed by atoms with E-state index in [9.17, 15) is 4.79 Å². The zero-order valence-electron chi connectivity index (χ0n) is 13.7. The number of hydrogen-bond donors (Lipinski definition) is 0. The number of carbonyl (C=O) groups is 1. The predicted octanol–water partition coefficient (Wildman–Crippen LogP) is 5.21. The molecule has 1 aromatic heterocycles. The standard InChI is InChI=1S/C20H19BrN2O/c1-3-23-14-16(21)13-19(23)20(24)22(2)18-12-8-7-11-17(18)15-9-5-4-6-10-15/h4-14H,3H2,1-2H3. The Morgan fingerprint density at radius 3 is 2.46 bits per heavy atom. The van der Waals surface area contributed by atoms with Gasteiger partial charge in [-0.3, -0.25) is 4.79 Å². The summed E-state index contributed by atoms with van der Waals surface area (Å²) in [5.74, 6) is -0.0223. The van der Waals surface area contributed by atoms with Crippen LogP contribution in [-0.4, -0.2) is 17.5 Å². The fourth-order valence-electron chi connectivity index (χ4n) is 2.82. The number of hydrogen-bond acceptors (Lipinski definition) is 1. The average molecular weight is 383 g/mol. The molecule has 3 nitrogen and oxygen atoms in total. The van der Waals surface area contributed by atoms with Crippen LogP contribution in [0.1, 0.15) is 17.4 Å². The monoisotopic (exact) mass is 382 g/mol. The van der Waals surface area contributed by atoms with Gasteiger partial charge in [0.25, 0.3) is 5.91 Å². The number of aromatic nitrogens is 1. The number of halogens is 1. The van der Waals surface area contributed by atoms with E-state index >= 15 is 0 Å². The maximum atomic E-state index is 13.0. The molecule has 0 unspecified atom stereocenters. The number of amides is 1. The fraction of sp³-hybridized carbons (Fsp3) is 0.150. The lowest BCUT2D eigenvalue weighted by atomic mass is 10.0. The number of carbonyl (C=O) groups excluding carboxylic acids is 1. The molecule has 0 bridgehead atoms. The Bertz CT molecular complexity index is 855. The molecule has 0 saturated heterocycles. The zero-order valence-corrected chi connectivity index (χ0v) is 15.3. The van der Waals surface area contributed by atoms with E-state index in [1.165, 1.54) is 0 Å². The van der Waals surface area contributed by atoms with Crippen molar-refractivity contribution < 1.29 is 4.79 Å². The van der Waals surface area contributed by atoms with Crippen LogP contribution in [0.5, 0.6) is 0 Å². The van der Waals surface area contributed by atoms with Crippen molar-refractivity contribution in [1.29, 1.82) is 0 Å². The molecule has 0 fully saturated rings. The lowest BCUT2D eigenvalue weighted by Gasteiger charge is -2.21. The van der Waals surface area contributed by atoms with Gasteiger partial charge in [-0.05, 0) is 40.5 Å². The van der Waals surface area contributed by atoms with Crippen LogP contribution in [0.2, 0.25) is 0 Å². The molecule has 3 rings (SSSR count). The number of rotatable bonds is 4. The minimum Gasteiger partial charge on any atom is -0.343 e. The minimum atomic E-state index is -0.0223. The van der Waals surface area contributed by atoms with Gasteiger partial charge in [0.1, 0.15) is 5.69 Å². The quantitative estimate of drug-likeness (QED) is 0.607. The molecule has 4 heteroatoms. The molecule has 2 aromatic carbocycles. The van der Waals surface area contributed by atoms with Crippen molar-refractivity contribution in [2.75, 3.05) is 11.9 Å². The Balaban J connectivity index is 2.02. The summed E-state index contributed by atoms with van der Waals surface area (Å²) in [7, 11) is 1.82. The Labute approximate surface area is 150 Å². The van der Waals surface area contributed by atoms with Gasteiger partial charge in [0.2, 0.25) is 0 Å². The van der Waals surface area contributed by atoms with Gasteiger partial charge in [-0.25, -0.2) is 0 Å². The predicted molar refractivity (Wildman–Crippen MR) is 102 cm³/mol. The van der Waals surface area contributed by atoms with Crippen LogP contribution in [0.15, 0.2) is 71.3 Å². The Morgan fingerprint density at radius 1 is 1.08 bits per heavy atom. The SMILES string of the molecule is CCn1cc(Br)cc1C(=O)N(C)c1ccccc1-c1ccccc1. The van der Waals surface area contributed by atoms with E-state index in [1.54, 1.807) is 4.90 Å². The summed E-state index contributed by atoms with van der Waals surface area (Å²) < 4.78 is 2.87. The third-order valence-electron chi connectivity index (χ3n) is 4.08. The normalized spacial score (nSPS) is 10.6. The zero-order chi connectivity index (χ0) is 17.1. The first kappa shape index (κ1) is 16.5. The second kappa shape index (κ2) is 7.05. The highest BCUT2D eigenvalue weighted by atomic mass is 79.9. The van der Waals surface area contributed by atoms with Crippen molar-refractivity contribution in [3.05, 3.63) is 77.0 Å². The summed E-state index contributed by atoms with van der Waals surface area (Å²) >= 11 is 3.46. The summed E-state index contributed by atoms with van der Waals surface area (Å²) in [4.78, 5) is 14.7. The summed E-state index contributed by atoms with van der Waals surface area (Å²) in [5, 5.41) is 0. The van der Waals surface area contributed by atoms with Gasteiger partial charge in [0.05, 0.1) is 5.69 Å². The first-order valence-corrected chi connectivity index (χ1v) is 8.69. The van der Waals surface area contributed by atoms with Gasteiger partial charge >= 0.3 is 0 Å². The summed E-state index contributed by atoms with van der Waals surface area (Å²) in [6.07, 6.45) is 1.93. The second-order valence-corrected chi connectivity index (χ2v) is 6.49. The van der Waals surface area contributed by atoms with Gasteiger partial charge < -0.3 is 9.47 Å². The highest BCUT2D eigenvalue weighted by molar-refractivity contribution is 9.10. The molecule has 0 saturated carbocycles. The van der Waals surface area contributed by atoms with E-state index < -0.39 is 0 Å². The lowest BCUT2D eigenvalue weighted by molar-refractivity contribution is 0.0984.